The molecule has 0 aliphatic heterocycles. The molecule has 7 heteroatoms. The van der Waals surface area contributed by atoms with Crippen LogP contribution >= 0.6 is 67.8 Å². The second kappa shape index (κ2) is 8.25. The van der Waals surface area contributed by atoms with Crippen molar-refractivity contribution >= 4 is 92.1 Å². The summed E-state index contributed by atoms with van der Waals surface area (Å²) in [6, 6.07) is 15.0. The summed E-state index contributed by atoms with van der Waals surface area (Å²) in [6.45, 7) is 0. The molecule has 0 aliphatic rings. The fraction of sp³-hybridized carbons (Fsp3) is 0. The molecule has 3 rings (SSSR count). The first-order valence-electron chi connectivity index (χ1n) is 7.10. The average Bonchev–Trinajstić information content (AvgIpc) is 2.57. The van der Waals surface area contributed by atoms with E-state index < -0.39 is 8.80 Å². The summed E-state index contributed by atoms with van der Waals surface area (Å²) in [4.78, 5) is 0. The van der Waals surface area contributed by atoms with Crippen molar-refractivity contribution in [3.05, 3.63) is 82.8 Å². The van der Waals surface area contributed by atoms with Gasteiger partial charge in [-0.3, -0.25) is 0 Å². The van der Waals surface area contributed by atoms with Gasteiger partial charge >= 0.3 is 0 Å². The zero-order valence-corrected chi connectivity index (χ0v) is 19.9. The van der Waals surface area contributed by atoms with E-state index in [1.165, 1.54) is 18.2 Å². The van der Waals surface area contributed by atoms with E-state index in [1.54, 1.807) is 24.3 Å². The Labute approximate surface area is 186 Å². The molecule has 0 heterocycles. The monoisotopic (exact) mass is 691 g/mol. The SMILES string of the molecule is Fc1cc([Si](c2ccc(I)c(F)c2)c2ccc(F)c(I)c2)ccc1I. The van der Waals surface area contributed by atoms with E-state index in [1.807, 2.05) is 79.9 Å². The lowest BCUT2D eigenvalue weighted by Crippen LogP contribution is -2.52. The molecule has 3 aromatic rings. The Morgan fingerprint density at radius 2 is 0.960 bits per heavy atom. The number of halogens is 6. The van der Waals surface area contributed by atoms with E-state index in [9.17, 15) is 13.2 Å². The average molecular weight is 691 g/mol. The Kier molecular flexibility index (Phi) is 6.48. The maximum Gasteiger partial charge on any atom is 0.154 e. The van der Waals surface area contributed by atoms with E-state index in [0.717, 1.165) is 15.6 Å². The summed E-state index contributed by atoms with van der Waals surface area (Å²) < 4.78 is 43.5. The summed E-state index contributed by atoms with van der Waals surface area (Å²) >= 11 is 5.81. The number of hydrogen-bond donors (Lipinski definition) is 0. The molecule has 0 N–H and O–H groups in total. The Morgan fingerprint density at radius 1 is 0.520 bits per heavy atom. The molecule has 0 aliphatic carbocycles. The topological polar surface area (TPSA) is 0 Å². The molecule has 0 saturated heterocycles. The first-order valence-corrected chi connectivity index (χ1v) is 11.8. The van der Waals surface area contributed by atoms with Crippen molar-refractivity contribution in [2.24, 2.45) is 0 Å². The highest BCUT2D eigenvalue weighted by molar-refractivity contribution is 14.1. The van der Waals surface area contributed by atoms with E-state index in [0.29, 0.717) is 10.7 Å². The van der Waals surface area contributed by atoms with E-state index in [-0.39, 0.29) is 17.5 Å². The van der Waals surface area contributed by atoms with Gasteiger partial charge in [0.25, 0.3) is 0 Å². The molecule has 0 amide bonds. The Bertz CT molecular complexity index is 824. The number of hydrogen-bond acceptors (Lipinski definition) is 0. The van der Waals surface area contributed by atoms with Crippen molar-refractivity contribution in [2.45, 2.75) is 0 Å². The third-order valence-electron chi connectivity index (χ3n) is 3.62. The second-order valence-electron chi connectivity index (χ2n) is 5.26. The molecule has 0 saturated carbocycles. The Balaban J connectivity index is 2.21. The van der Waals surface area contributed by atoms with Crippen molar-refractivity contribution in [2.75, 3.05) is 0 Å². The molecule has 1 radical (unpaired) electrons. The fourth-order valence-electron chi connectivity index (χ4n) is 2.45. The predicted octanol–water partition coefficient (Wildman–Crippen LogP) is 4.43. The van der Waals surface area contributed by atoms with Gasteiger partial charge in [0.05, 0.1) is 0 Å². The van der Waals surface area contributed by atoms with Crippen LogP contribution < -0.4 is 15.6 Å². The van der Waals surface area contributed by atoms with Crippen LogP contribution in [0.3, 0.4) is 0 Å². The highest BCUT2D eigenvalue weighted by Gasteiger charge is 2.22. The van der Waals surface area contributed by atoms with Gasteiger partial charge in [-0.1, -0.05) is 18.2 Å². The molecule has 0 aromatic heterocycles. The lowest BCUT2D eigenvalue weighted by molar-refractivity contribution is 0.620. The normalized spacial score (nSPS) is 11.2. The Hall–Kier alpha value is -0.143. The van der Waals surface area contributed by atoms with Crippen molar-refractivity contribution in [1.29, 1.82) is 0 Å². The van der Waals surface area contributed by atoms with Crippen LogP contribution in [-0.4, -0.2) is 8.80 Å². The molecule has 0 bridgehead atoms. The van der Waals surface area contributed by atoms with Crippen molar-refractivity contribution in [3.63, 3.8) is 0 Å². The van der Waals surface area contributed by atoms with Crippen molar-refractivity contribution in [1.82, 2.24) is 0 Å². The van der Waals surface area contributed by atoms with Crippen LogP contribution in [0.15, 0.2) is 54.6 Å². The summed E-state index contributed by atoms with van der Waals surface area (Å²) in [5.41, 5.74) is 0. The molecule has 0 fully saturated rings. The van der Waals surface area contributed by atoms with E-state index in [4.69, 9.17) is 0 Å². The highest BCUT2D eigenvalue weighted by atomic mass is 127. The Morgan fingerprint density at radius 3 is 1.40 bits per heavy atom. The van der Waals surface area contributed by atoms with Crippen LogP contribution in [0.5, 0.6) is 0 Å². The maximum absolute atomic E-state index is 14.1. The van der Waals surface area contributed by atoms with Gasteiger partial charge in [0, 0.05) is 10.7 Å². The molecule has 0 nitrogen and oxygen atoms in total. The van der Waals surface area contributed by atoms with Crippen molar-refractivity contribution in [3.8, 4) is 0 Å². The van der Waals surface area contributed by atoms with Gasteiger partial charge in [-0.25, -0.2) is 13.2 Å². The largest absolute Gasteiger partial charge is 0.206 e. The molecule has 0 unspecified atom stereocenters. The van der Waals surface area contributed by atoms with Gasteiger partial charge in [-0.15, -0.1) is 0 Å². The molecule has 25 heavy (non-hydrogen) atoms. The molecule has 3 aromatic carbocycles. The van der Waals surface area contributed by atoms with Crippen LogP contribution in [0.25, 0.3) is 0 Å². The predicted molar refractivity (Wildman–Crippen MR) is 122 cm³/mol. The van der Waals surface area contributed by atoms with Crippen molar-refractivity contribution < 1.29 is 13.2 Å². The first kappa shape index (κ1) is 19.6. The first-order chi connectivity index (χ1) is 11.9. The van der Waals surface area contributed by atoms with E-state index in [2.05, 4.69) is 0 Å². The lowest BCUT2D eigenvalue weighted by atomic mass is 10.3. The summed E-state index contributed by atoms with van der Waals surface area (Å²) in [5.74, 6) is -0.903. The smallest absolute Gasteiger partial charge is 0.154 e. The zero-order chi connectivity index (χ0) is 18.1. The van der Waals surface area contributed by atoms with Gasteiger partial charge in [0.2, 0.25) is 0 Å². The minimum Gasteiger partial charge on any atom is -0.206 e. The summed E-state index contributed by atoms with van der Waals surface area (Å²) in [7, 11) is -1.65. The quantitative estimate of drug-likeness (QED) is 0.217. The lowest BCUT2D eigenvalue weighted by Gasteiger charge is -2.18. The minimum atomic E-state index is -1.65. The highest BCUT2D eigenvalue weighted by Crippen LogP contribution is 2.13. The third-order valence-corrected chi connectivity index (χ3v) is 8.87. The van der Waals surface area contributed by atoms with Gasteiger partial charge in [0.1, 0.15) is 17.5 Å². The maximum atomic E-state index is 14.1. The van der Waals surface area contributed by atoms with E-state index >= 15 is 0 Å². The standard InChI is InChI=1S/C18H9F3I3Si/c19-13-4-1-12(9-18(13)24)25(10-2-5-16(22)14(20)7-10)11-3-6-17(23)15(21)8-11/h1-9H. The third kappa shape index (κ3) is 4.41. The van der Waals surface area contributed by atoms with Gasteiger partial charge in [0.15, 0.2) is 8.80 Å². The van der Waals surface area contributed by atoms with Crippen LogP contribution in [0.2, 0.25) is 0 Å². The minimum absolute atomic E-state index is 0.298. The zero-order valence-electron chi connectivity index (χ0n) is 12.5. The fourth-order valence-corrected chi connectivity index (χ4v) is 6.52. The van der Waals surface area contributed by atoms with Crippen LogP contribution in [0, 0.1) is 28.2 Å². The van der Waals surface area contributed by atoms with Crippen LogP contribution in [0.4, 0.5) is 13.2 Å². The molecule has 127 valence electrons. The number of benzene rings is 3. The molecular weight excluding hydrogens is 682 g/mol. The van der Waals surface area contributed by atoms with Gasteiger partial charge in [-0.05, 0) is 120 Å². The van der Waals surface area contributed by atoms with Crippen LogP contribution in [0.1, 0.15) is 0 Å². The molecule has 0 atom stereocenters. The summed E-state index contributed by atoms with van der Waals surface area (Å²) in [6.07, 6.45) is 0. The molecular formula is C18H9F3I3Si. The summed E-state index contributed by atoms with van der Waals surface area (Å²) in [5, 5.41) is 2.48. The number of rotatable bonds is 3. The van der Waals surface area contributed by atoms with Gasteiger partial charge < -0.3 is 0 Å². The van der Waals surface area contributed by atoms with Gasteiger partial charge in [-0.2, -0.15) is 0 Å². The second-order valence-corrected chi connectivity index (χ2v) is 11.2. The van der Waals surface area contributed by atoms with Crippen LogP contribution in [-0.2, 0) is 0 Å². The molecule has 0 spiro atoms.